The summed E-state index contributed by atoms with van der Waals surface area (Å²) >= 11 is 6.49. The predicted octanol–water partition coefficient (Wildman–Crippen LogP) is 5.15. The normalized spacial score (nSPS) is 15.5. The summed E-state index contributed by atoms with van der Waals surface area (Å²) in [5.74, 6) is 0.503. The van der Waals surface area contributed by atoms with E-state index in [1.54, 1.807) is 6.07 Å². The standard InChI is InChI=1S/C23H26ClF3N6/c1-14(2)32-7-9-33(10-8-32)19-11-17-21(29-13-30-22(17)31-20(19)24)28-12-16-5-4-6-18(15(16)3)23(25,26)27/h4-6,11,13-14H,7-10,12H2,1-3H3,(H,28,29,30,31). The van der Waals surface area contributed by atoms with E-state index in [0.717, 1.165) is 37.9 Å². The lowest BCUT2D eigenvalue weighted by Crippen LogP contribution is -2.49. The molecule has 1 aromatic carbocycles. The number of nitrogens with one attached hydrogen (secondary N) is 1. The van der Waals surface area contributed by atoms with Crippen LogP contribution >= 0.6 is 11.6 Å². The van der Waals surface area contributed by atoms with Crippen molar-refractivity contribution in [2.24, 2.45) is 0 Å². The molecule has 0 saturated carbocycles. The minimum absolute atomic E-state index is 0.187. The fourth-order valence-electron chi connectivity index (χ4n) is 4.16. The van der Waals surface area contributed by atoms with Crippen LogP contribution in [0.2, 0.25) is 5.15 Å². The second-order valence-electron chi connectivity index (χ2n) is 8.45. The summed E-state index contributed by atoms with van der Waals surface area (Å²) in [4.78, 5) is 17.6. The molecule has 0 spiro atoms. The van der Waals surface area contributed by atoms with E-state index in [9.17, 15) is 13.2 Å². The van der Waals surface area contributed by atoms with Gasteiger partial charge in [0.2, 0.25) is 0 Å². The van der Waals surface area contributed by atoms with Crippen LogP contribution in [0.25, 0.3) is 11.0 Å². The first-order valence-electron chi connectivity index (χ1n) is 10.8. The number of hydrogen-bond donors (Lipinski definition) is 1. The summed E-state index contributed by atoms with van der Waals surface area (Å²) in [5, 5.41) is 4.21. The van der Waals surface area contributed by atoms with E-state index in [-0.39, 0.29) is 12.1 Å². The monoisotopic (exact) mass is 478 g/mol. The number of fused-ring (bicyclic) bond motifs is 1. The number of aromatic nitrogens is 3. The van der Waals surface area contributed by atoms with Crippen molar-refractivity contribution in [2.45, 2.75) is 39.5 Å². The van der Waals surface area contributed by atoms with Crippen molar-refractivity contribution in [3.8, 4) is 0 Å². The molecule has 1 fully saturated rings. The predicted molar refractivity (Wildman–Crippen MR) is 125 cm³/mol. The maximum Gasteiger partial charge on any atom is 0.416 e. The summed E-state index contributed by atoms with van der Waals surface area (Å²) in [6.07, 6.45) is -3.02. The van der Waals surface area contributed by atoms with Gasteiger partial charge in [-0.25, -0.2) is 15.0 Å². The fourth-order valence-corrected chi connectivity index (χ4v) is 4.41. The number of alkyl halides is 3. The van der Waals surface area contributed by atoms with Gasteiger partial charge in [0.05, 0.1) is 16.6 Å². The third-order valence-electron chi connectivity index (χ3n) is 6.14. The van der Waals surface area contributed by atoms with Crippen LogP contribution in [-0.2, 0) is 12.7 Å². The van der Waals surface area contributed by atoms with E-state index >= 15 is 0 Å². The van der Waals surface area contributed by atoms with Gasteiger partial charge in [-0.05, 0) is 44.0 Å². The first-order chi connectivity index (χ1) is 15.6. The van der Waals surface area contributed by atoms with Gasteiger partial charge in [-0.3, -0.25) is 4.90 Å². The Kier molecular flexibility index (Phi) is 6.63. The smallest absolute Gasteiger partial charge is 0.366 e. The van der Waals surface area contributed by atoms with Gasteiger partial charge in [-0.2, -0.15) is 13.2 Å². The molecule has 4 rings (SSSR count). The zero-order valence-electron chi connectivity index (χ0n) is 18.7. The molecule has 2 aromatic heterocycles. The minimum atomic E-state index is -4.39. The van der Waals surface area contributed by atoms with Gasteiger partial charge >= 0.3 is 6.18 Å². The van der Waals surface area contributed by atoms with Gasteiger partial charge in [-0.1, -0.05) is 23.7 Å². The van der Waals surface area contributed by atoms with Gasteiger partial charge in [0.1, 0.15) is 12.1 Å². The fraction of sp³-hybridized carbons (Fsp3) is 0.435. The van der Waals surface area contributed by atoms with Crippen LogP contribution in [0.5, 0.6) is 0 Å². The Bertz CT molecular complexity index is 1140. The van der Waals surface area contributed by atoms with Crippen molar-refractivity contribution >= 4 is 34.1 Å². The van der Waals surface area contributed by atoms with Crippen LogP contribution in [0.3, 0.4) is 0 Å². The number of rotatable bonds is 5. The average Bonchev–Trinajstić information content (AvgIpc) is 2.77. The summed E-state index contributed by atoms with van der Waals surface area (Å²) < 4.78 is 39.8. The Morgan fingerprint density at radius 1 is 1.12 bits per heavy atom. The molecule has 33 heavy (non-hydrogen) atoms. The quantitative estimate of drug-likeness (QED) is 0.512. The van der Waals surface area contributed by atoms with Crippen LogP contribution < -0.4 is 10.2 Å². The van der Waals surface area contributed by atoms with Crippen LogP contribution in [0.4, 0.5) is 24.7 Å². The molecule has 1 N–H and O–H groups in total. The molecular formula is C23H26ClF3N6. The van der Waals surface area contributed by atoms with E-state index in [0.29, 0.717) is 33.6 Å². The molecule has 0 atom stereocenters. The summed E-state index contributed by atoms with van der Waals surface area (Å²) in [6, 6.07) is 6.59. The molecule has 1 saturated heterocycles. The van der Waals surface area contributed by atoms with Crippen molar-refractivity contribution in [3.63, 3.8) is 0 Å². The van der Waals surface area contributed by atoms with Crippen molar-refractivity contribution in [1.82, 2.24) is 19.9 Å². The molecule has 0 unspecified atom stereocenters. The second-order valence-corrected chi connectivity index (χ2v) is 8.81. The number of hydrogen-bond acceptors (Lipinski definition) is 6. The summed E-state index contributed by atoms with van der Waals surface area (Å²) in [6.45, 7) is 9.54. The van der Waals surface area contributed by atoms with Gasteiger partial charge in [-0.15, -0.1) is 0 Å². The highest BCUT2D eigenvalue weighted by Gasteiger charge is 2.32. The zero-order valence-corrected chi connectivity index (χ0v) is 19.5. The molecule has 3 heterocycles. The van der Waals surface area contributed by atoms with Crippen LogP contribution in [0, 0.1) is 6.92 Å². The molecule has 6 nitrogen and oxygen atoms in total. The highest BCUT2D eigenvalue weighted by atomic mass is 35.5. The topological polar surface area (TPSA) is 57.2 Å². The maximum atomic E-state index is 13.3. The first-order valence-corrected chi connectivity index (χ1v) is 11.2. The van der Waals surface area contributed by atoms with E-state index in [4.69, 9.17) is 11.6 Å². The molecular weight excluding hydrogens is 453 g/mol. The van der Waals surface area contributed by atoms with Crippen LogP contribution in [0.1, 0.15) is 30.5 Å². The summed E-state index contributed by atoms with van der Waals surface area (Å²) in [7, 11) is 0. The van der Waals surface area contributed by atoms with E-state index in [1.807, 2.05) is 6.07 Å². The SMILES string of the molecule is Cc1c(CNc2ncnc3nc(Cl)c(N4CCN(C(C)C)CC4)cc23)cccc1C(F)(F)F. The third-order valence-corrected chi connectivity index (χ3v) is 6.42. The Labute approximate surface area is 195 Å². The van der Waals surface area contributed by atoms with E-state index < -0.39 is 11.7 Å². The van der Waals surface area contributed by atoms with Crippen molar-refractivity contribution < 1.29 is 13.2 Å². The molecule has 0 radical (unpaired) electrons. The molecule has 0 bridgehead atoms. The first kappa shape index (κ1) is 23.5. The number of nitrogens with zero attached hydrogens (tertiary/aromatic N) is 5. The Morgan fingerprint density at radius 2 is 1.85 bits per heavy atom. The number of halogens is 4. The third kappa shape index (κ3) is 4.99. The largest absolute Gasteiger partial charge is 0.416 e. The minimum Gasteiger partial charge on any atom is -0.366 e. The summed E-state index contributed by atoms with van der Waals surface area (Å²) in [5.41, 5.74) is 1.35. The molecule has 3 aromatic rings. The lowest BCUT2D eigenvalue weighted by Gasteiger charge is -2.38. The highest BCUT2D eigenvalue weighted by Crippen LogP contribution is 2.34. The number of benzene rings is 1. The number of anilines is 2. The Balaban J connectivity index is 1.60. The Hall–Kier alpha value is -2.65. The lowest BCUT2D eigenvalue weighted by atomic mass is 10.0. The van der Waals surface area contributed by atoms with Gasteiger partial charge < -0.3 is 10.2 Å². The van der Waals surface area contributed by atoms with Gasteiger partial charge in [0.25, 0.3) is 0 Å². The van der Waals surface area contributed by atoms with E-state index in [2.05, 4.69) is 43.9 Å². The number of piperazine rings is 1. The van der Waals surface area contributed by atoms with Crippen LogP contribution in [0.15, 0.2) is 30.6 Å². The van der Waals surface area contributed by atoms with Crippen LogP contribution in [-0.4, -0.2) is 52.1 Å². The van der Waals surface area contributed by atoms with Gasteiger partial charge in [0, 0.05) is 38.8 Å². The molecule has 1 aliphatic heterocycles. The molecule has 10 heteroatoms. The van der Waals surface area contributed by atoms with Gasteiger partial charge in [0.15, 0.2) is 10.8 Å². The number of pyridine rings is 1. The molecule has 0 aliphatic carbocycles. The maximum absolute atomic E-state index is 13.3. The average molecular weight is 479 g/mol. The lowest BCUT2D eigenvalue weighted by molar-refractivity contribution is -0.138. The Morgan fingerprint density at radius 3 is 2.52 bits per heavy atom. The van der Waals surface area contributed by atoms with Crippen molar-refractivity contribution in [2.75, 3.05) is 36.4 Å². The zero-order chi connectivity index (χ0) is 23.8. The van der Waals surface area contributed by atoms with Crippen molar-refractivity contribution in [1.29, 1.82) is 0 Å². The molecule has 1 aliphatic rings. The van der Waals surface area contributed by atoms with Crippen molar-refractivity contribution in [3.05, 3.63) is 52.4 Å². The second kappa shape index (κ2) is 9.30. The van der Waals surface area contributed by atoms with E-state index in [1.165, 1.54) is 19.3 Å². The molecule has 0 amide bonds. The molecule has 176 valence electrons. The highest BCUT2D eigenvalue weighted by molar-refractivity contribution is 6.32.